The van der Waals surface area contributed by atoms with Crippen molar-refractivity contribution in [1.82, 2.24) is 4.98 Å². The average Bonchev–Trinajstić information content (AvgIpc) is 2.69. The molecule has 2 heterocycles. The zero-order valence-corrected chi connectivity index (χ0v) is 8.54. The van der Waals surface area contributed by atoms with Crippen LogP contribution in [-0.2, 0) is 11.2 Å². The van der Waals surface area contributed by atoms with Crippen LogP contribution in [0.25, 0.3) is 0 Å². The van der Waals surface area contributed by atoms with Gasteiger partial charge in [0.2, 0.25) is 0 Å². The molecule has 1 unspecified atom stereocenters. The second kappa shape index (κ2) is 3.97. The number of anilines is 1. The van der Waals surface area contributed by atoms with E-state index in [-0.39, 0.29) is 12.4 Å². The molecular weight excluding hydrogens is 240 g/mol. The minimum atomic E-state index is -5.17. The summed E-state index contributed by atoms with van der Waals surface area (Å²) in [5, 5.41) is 0. The van der Waals surface area contributed by atoms with Crippen molar-refractivity contribution in [2.45, 2.75) is 18.8 Å². The van der Waals surface area contributed by atoms with Gasteiger partial charge in [-0.3, -0.25) is 9.69 Å². The van der Waals surface area contributed by atoms with Crippen molar-refractivity contribution in [2.75, 3.05) is 11.4 Å². The summed E-state index contributed by atoms with van der Waals surface area (Å²) in [5.74, 6) is -1.49. The van der Waals surface area contributed by atoms with E-state index in [9.17, 15) is 22.4 Å². The average molecular weight is 248 g/mol. The third-order valence-electron chi connectivity index (χ3n) is 2.50. The number of halogens is 4. The monoisotopic (exact) mass is 248 g/mol. The highest BCUT2D eigenvalue weighted by atomic mass is 19.4. The lowest BCUT2D eigenvalue weighted by atomic mass is 10.2. The van der Waals surface area contributed by atoms with Crippen LogP contribution in [0.4, 0.5) is 23.4 Å². The molecule has 0 bridgehead atoms. The van der Waals surface area contributed by atoms with Gasteiger partial charge in [0.25, 0.3) is 12.1 Å². The zero-order valence-electron chi connectivity index (χ0n) is 8.54. The van der Waals surface area contributed by atoms with Crippen molar-refractivity contribution in [1.29, 1.82) is 0 Å². The Kier molecular flexibility index (Phi) is 2.76. The summed E-state index contributed by atoms with van der Waals surface area (Å²) in [5.41, 5.74) is 0.648. The molecule has 1 atom stereocenters. The molecule has 1 aromatic rings. The topological polar surface area (TPSA) is 33.2 Å². The predicted molar refractivity (Wildman–Crippen MR) is 51.2 cm³/mol. The molecule has 92 valence electrons. The SMILES string of the molecule is O=C(C(F)C(F)(F)F)N1CCc2cccnc21. The smallest absolute Gasteiger partial charge is 0.293 e. The van der Waals surface area contributed by atoms with Crippen molar-refractivity contribution >= 4 is 11.7 Å². The molecule has 3 nitrogen and oxygen atoms in total. The van der Waals surface area contributed by atoms with E-state index in [1.54, 1.807) is 12.1 Å². The standard InChI is InChI=1S/C10H8F4N2O/c11-7(10(12,13)14)9(17)16-5-3-6-2-1-4-15-8(6)16/h1-2,4,7H,3,5H2. The number of nitrogens with zero attached hydrogens (tertiary/aromatic N) is 2. The molecule has 1 amide bonds. The van der Waals surface area contributed by atoms with Crippen LogP contribution in [-0.4, -0.2) is 29.8 Å². The summed E-state index contributed by atoms with van der Waals surface area (Å²) in [4.78, 5) is 15.9. The highest BCUT2D eigenvalue weighted by molar-refractivity contribution is 5.97. The van der Waals surface area contributed by atoms with Gasteiger partial charge in [0, 0.05) is 12.7 Å². The van der Waals surface area contributed by atoms with Gasteiger partial charge in [-0.2, -0.15) is 13.2 Å². The molecule has 0 radical (unpaired) electrons. The molecule has 0 spiro atoms. The van der Waals surface area contributed by atoms with Gasteiger partial charge in [0.05, 0.1) is 0 Å². The fourth-order valence-electron chi connectivity index (χ4n) is 1.70. The number of pyridine rings is 1. The van der Waals surface area contributed by atoms with Gasteiger partial charge in [0.1, 0.15) is 5.82 Å². The van der Waals surface area contributed by atoms with E-state index in [0.717, 1.165) is 4.90 Å². The van der Waals surface area contributed by atoms with E-state index < -0.39 is 18.3 Å². The molecule has 7 heteroatoms. The van der Waals surface area contributed by atoms with E-state index in [1.807, 2.05) is 0 Å². The van der Waals surface area contributed by atoms with Crippen LogP contribution >= 0.6 is 0 Å². The van der Waals surface area contributed by atoms with Gasteiger partial charge in [-0.1, -0.05) is 6.07 Å². The first-order chi connectivity index (χ1) is 7.91. The quantitative estimate of drug-likeness (QED) is 0.711. The van der Waals surface area contributed by atoms with Crippen LogP contribution in [0.3, 0.4) is 0 Å². The van der Waals surface area contributed by atoms with Gasteiger partial charge in [-0.05, 0) is 18.1 Å². The molecule has 0 saturated carbocycles. The Morgan fingerprint density at radius 1 is 1.47 bits per heavy atom. The molecule has 1 aliphatic rings. The highest BCUT2D eigenvalue weighted by Crippen LogP contribution is 2.30. The molecule has 0 N–H and O–H groups in total. The molecule has 0 aromatic carbocycles. The van der Waals surface area contributed by atoms with E-state index in [4.69, 9.17) is 0 Å². The van der Waals surface area contributed by atoms with Crippen molar-refractivity contribution < 1.29 is 22.4 Å². The lowest BCUT2D eigenvalue weighted by Gasteiger charge is -2.19. The number of aromatic nitrogens is 1. The molecular formula is C10H8F4N2O. The van der Waals surface area contributed by atoms with Crippen molar-refractivity contribution in [2.24, 2.45) is 0 Å². The molecule has 0 aliphatic carbocycles. The van der Waals surface area contributed by atoms with Crippen LogP contribution in [0.5, 0.6) is 0 Å². The van der Waals surface area contributed by atoms with E-state index >= 15 is 0 Å². The fraction of sp³-hybridized carbons (Fsp3) is 0.400. The zero-order chi connectivity index (χ0) is 12.6. The number of rotatable bonds is 1. The Labute approximate surface area is 94.1 Å². The largest absolute Gasteiger partial charge is 0.428 e. The molecule has 0 fully saturated rings. The second-order valence-electron chi connectivity index (χ2n) is 3.63. The van der Waals surface area contributed by atoms with Gasteiger partial charge >= 0.3 is 6.18 Å². The van der Waals surface area contributed by atoms with E-state index in [0.29, 0.717) is 12.0 Å². The number of carbonyl (C=O) groups excluding carboxylic acids is 1. The fourth-order valence-corrected chi connectivity index (χ4v) is 1.70. The maximum atomic E-state index is 12.9. The second-order valence-corrected chi connectivity index (χ2v) is 3.63. The maximum absolute atomic E-state index is 12.9. The first-order valence-corrected chi connectivity index (χ1v) is 4.87. The lowest BCUT2D eigenvalue weighted by Crippen LogP contribution is -2.43. The molecule has 17 heavy (non-hydrogen) atoms. The van der Waals surface area contributed by atoms with Crippen LogP contribution < -0.4 is 4.90 Å². The summed E-state index contributed by atoms with van der Waals surface area (Å²) in [6.07, 6.45) is -6.92. The van der Waals surface area contributed by atoms with Crippen LogP contribution in [0.1, 0.15) is 5.56 Å². The summed E-state index contributed by atoms with van der Waals surface area (Å²) in [7, 11) is 0. The molecule has 1 aliphatic heterocycles. The summed E-state index contributed by atoms with van der Waals surface area (Å²) in [6.45, 7) is 0.0294. The maximum Gasteiger partial charge on any atom is 0.428 e. The Hall–Kier alpha value is -1.66. The molecule has 0 saturated heterocycles. The highest BCUT2D eigenvalue weighted by Gasteiger charge is 2.48. The minimum absolute atomic E-state index is 0.0294. The van der Waals surface area contributed by atoms with Gasteiger partial charge < -0.3 is 0 Å². The van der Waals surface area contributed by atoms with Gasteiger partial charge in [0.15, 0.2) is 0 Å². The summed E-state index contributed by atoms with van der Waals surface area (Å²) in [6, 6.07) is 3.26. The number of carbonyl (C=O) groups is 1. The Bertz CT molecular complexity index is 446. The van der Waals surface area contributed by atoms with Crippen molar-refractivity contribution in [3.8, 4) is 0 Å². The van der Waals surface area contributed by atoms with Crippen LogP contribution in [0.15, 0.2) is 18.3 Å². The van der Waals surface area contributed by atoms with Crippen LogP contribution in [0, 0.1) is 0 Å². The number of fused-ring (bicyclic) bond motifs is 1. The number of hydrogen-bond donors (Lipinski definition) is 0. The first kappa shape index (κ1) is 11.8. The third-order valence-corrected chi connectivity index (χ3v) is 2.50. The molecule has 1 aromatic heterocycles. The third kappa shape index (κ3) is 2.09. The predicted octanol–water partition coefficient (Wildman–Crippen LogP) is 1.87. The van der Waals surface area contributed by atoms with E-state index in [1.165, 1.54) is 6.20 Å². The number of alkyl halides is 4. The Morgan fingerprint density at radius 3 is 2.82 bits per heavy atom. The van der Waals surface area contributed by atoms with Gasteiger partial charge in [-0.25, -0.2) is 9.37 Å². The normalized spacial score (nSPS) is 16.8. The molecule has 2 rings (SSSR count). The number of amides is 1. The first-order valence-electron chi connectivity index (χ1n) is 4.87. The van der Waals surface area contributed by atoms with Gasteiger partial charge in [-0.15, -0.1) is 0 Å². The van der Waals surface area contributed by atoms with E-state index in [2.05, 4.69) is 4.98 Å². The Balaban J connectivity index is 2.24. The summed E-state index contributed by atoms with van der Waals surface area (Å²) < 4.78 is 49.2. The number of hydrogen-bond acceptors (Lipinski definition) is 2. The summed E-state index contributed by atoms with van der Waals surface area (Å²) >= 11 is 0. The lowest BCUT2D eigenvalue weighted by molar-refractivity contribution is -0.185. The Morgan fingerprint density at radius 2 is 2.18 bits per heavy atom. The van der Waals surface area contributed by atoms with Crippen molar-refractivity contribution in [3.63, 3.8) is 0 Å². The van der Waals surface area contributed by atoms with Crippen molar-refractivity contribution in [3.05, 3.63) is 23.9 Å². The minimum Gasteiger partial charge on any atom is -0.293 e. The van der Waals surface area contributed by atoms with Crippen LogP contribution in [0.2, 0.25) is 0 Å².